The summed E-state index contributed by atoms with van der Waals surface area (Å²) in [6.45, 7) is 7.23. The van der Waals surface area contributed by atoms with Crippen LogP contribution in [0.4, 0.5) is 0 Å². The SMILES string of the molecule is Cn1ccnc1CN1CC[C@H]2CC(=O)N3CC[C@@H](CC(=O)N4CCOCC4)[C@@H](CCOc4cccc(n4)C(=O)NCC[C@H]2C1)C3. The molecule has 0 radical (unpaired) electrons. The fourth-order valence-electron chi connectivity index (χ4n) is 7.47. The van der Waals surface area contributed by atoms with Gasteiger partial charge in [0.05, 0.1) is 26.4 Å². The summed E-state index contributed by atoms with van der Waals surface area (Å²) in [4.78, 5) is 55.5. The van der Waals surface area contributed by atoms with E-state index in [0.29, 0.717) is 83.4 Å². The van der Waals surface area contributed by atoms with Crippen molar-refractivity contribution in [3.05, 3.63) is 42.1 Å². The molecule has 6 rings (SSSR count). The van der Waals surface area contributed by atoms with Crippen molar-refractivity contribution in [2.75, 3.05) is 65.6 Å². The maximum atomic E-state index is 13.9. The highest BCUT2D eigenvalue weighted by atomic mass is 16.5. The molecule has 0 unspecified atom stereocenters. The van der Waals surface area contributed by atoms with E-state index in [1.165, 1.54) is 0 Å². The Morgan fingerprint density at radius 2 is 1.84 bits per heavy atom. The Labute approximate surface area is 265 Å². The molecule has 2 aromatic rings. The van der Waals surface area contributed by atoms with Crippen LogP contribution in [0.25, 0.3) is 0 Å². The molecule has 6 heterocycles. The normalized spacial score (nSPS) is 27.2. The number of aromatic nitrogens is 3. The second-order valence-corrected chi connectivity index (χ2v) is 13.1. The highest BCUT2D eigenvalue weighted by Gasteiger charge is 2.37. The smallest absolute Gasteiger partial charge is 0.270 e. The molecule has 0 spiro atoms. The third-order valence-corrected chi connectivity index (χ3v) is 10.2. The molecule has 12 nitrogen and oxygen atoms in total. The van der Waals surface area contributed by atoms with Crippen LogP contribution in [0, 0.1) is 23.7 Å². The Kier molecular flexibility index (Phi) is 10.3. The molecule has 12 heteroatoms. The molecular formula is C33H47N7O5. The second-order valence-electron chi connectivity index (χ2n) is 13.1. The number of carbonyl (C=O) groups excluding carboxylic acids is 3. The molecule has 0 aromatic carbocycles. The Bertz CT molecular complexity index is 1330. The number of nitrogens with zero attached hydrogens (tertiary/aromatic N) is 6. The maximum absolute atomic E-state index is 13.9. The fraction of sp³-hybridized carbons (Fsp3) is 0.667. The Balaban J connectivity index is 1.18. The summed E-state index contributed by atoms with van der Waals surface area (Å²) in [6.07, 6.45) is 8.02. The van der Waals surface area contributed by atoms with Crippen LogP contribution in [0.15, 0.2) is 30.6 Å². The van der Waals surface area contributed by atoms with Crippen molar-refractivity contribution in [2.24, 2.45) is 30.7 Å². The van der Waals surface area contributed by atoms with E-state index in [9.17, 15) is 14.4 Å². The average Bonchev–Trinajstić information content (AvgIpc) is 3.46. The molecule has 3 fully saturated rings. The number of piperidine rings is 2. The van der Waals surface area contributed by atoms with Crippen molar-refractivity contribution in [1.29, 1.82) is 0 Å². The monoisotopic (exact) mass is 621 g/mol. The third kappa shape index (κ3) is 8.02. The molecule has 0 saturated carbocycles. The summed E-state index contributed by atoms with van der Waals surface area (Å²) < 4.78 is 13.5. The zero-order valence-electron chi connectivity index (χ0n) is 26.4. The minimum atomic E-state index is -0.221. The van der Waals surface area contributed by atoms with Crippen LogP contribution in [0.5, 0.6) is 5.88 Å². The molecule has 4 aliphatic heterocycles. The van der Waals surface area contributed by atoms with Gasteiger partial charge in [-0.25, -0.2) is 9.97 Å². The number of fused-ring (bicyclic) bond motifs is 5. The number of nitrogens with one attached hydrogen (secondary N) is 1. The van der Waals surface area contributed by atoms with Crippen LogP contribution in [-0.2, 0) is 27.9 Å². The van der Waals surface area contributed by atoms with Gasteiger partial charge >= 0.3 is 0 Å². The first-order chi connectivity index (χ1) is 21.9. The van der Waals surface area contributed by atoms with Crippen molar-refractivity contribution >= 4 is 17.7 Å². The van der Waals surface area contributed by atoms with Crippen LogP contribution in [0.3, 0.4) is 0 Å². The van der Waals surface area contributed by atoms with E-state index in [2.05, 4.69) is 24.8 Å². The minimum absolute atomic E-state index is 0.144. The highest BCUT2D eigenvalue weighted by molar-refractivity contribution is 5.92. The summed E-state index contributed by atoms with van der Waals surface area (Å²) in [7, 11) is 2.01. The van der Waals surface area contributed by atoms with Gasteiger partial charge in [-0.1, -0.05) is 6.07 Å². The molecule has 4 bridgehead atoms. The van der Waals surface area contributed by atoms with Gasteiger partial charge in [0, 0.05) is 77.6 Å². The van der Waals surface area contributed by atoms with Crippen molar-refractivity contribution in [3.8, 4) is 5.88 Å². The average molecular weight is 622 g/mol. The largest absolute Gasteiger partial charge is 0.478 e. The molecule has 4 aliphatic rings. The quantitative estimate of drug-likeness (QED) is 0.550. The van der Waals surface area contributed by atoms with Crippen molar-refractivity contribution in [1.82, 2.24) is 34.6 Å². The van der Waals surface area contributed by atoms with Gasteiger partial charge in [0.25, 0.3) is 5.91 Å². The number of ether oxygens (including phenoxy) is 2. The zero-order valence-corrected chi connectivity index (χ0v) is 26.4. The number of pyridine rings is 1. The Morgan fingerprint density at radius 1 is 0.978 bits per heavy atom. The van der Waals surface area contributed by atoms with Gasteiger partial charge < -0.3 is 29.2 Å². The lowest BCUT2D eigenvalue weighted by atomic mass is 9.79. The predicted molar refractivity (Wildman–Crippen MR) is 166 cm³/mol. The van der Waals surface area contributed by atoms with Crippen LogP contribution in [0.1, 0.15) is 54.8 Å². The van der Waals surface area contributed by atoms with E-state index in [0.717, 1.165) is 44.7 Å². The van der Waals surface area contributed by atoms with Gasteiger partial charge in [-0.2, -0.15) is 0 Å². The molecular weight excluding hydrogens is 574 g/mol. The number of imidazole rings is 1. The number of carbonyl (C=O) groups is 3. The van der Waals surface area contributed by atoms with Crippen molar-refractivity contribution < 1.29 is 23.9 Å². The summed E-state index contributed by atoms with van der Waals surface area (Å²) >= 11 is 0. The van der Waals surface area contributed by atoms with E-state index < -0.39 is 0 Å². The number of morpholine rings is 1. The van der Waals surface area contributed by atoms with E-state index in [-0.39, 0.29) is 41.4 Å². The lowest BCUT2D eigenvalue weighted by Crippen LogP contribution is -2.48. The highest BCUT2D eigenvalue weighted by Crippen LogP contribution is 2.34. The van der Waals surface area contributed by atoms with Crippen LogP contribution >= 0.6 is 0 Å². The first kappa shape index (κ1) is 31.5. The lowest BCUT2D eigenvalue weighted by Gasteiger charge is -2.42. The zero-order chi connectivity index (χ0) is 31.2. The van der Waals surface area contributed by atoms with E-state index in [1.807, 2.05) is 29.2 Å². The van der Waals surface area contributed by atoms with Crippen molar-refractivity contribution in [3.63, 3.8) is 0 Å². The van der Waals surface area contributed by atoms with Crippen molar-refractivity contribution in [2.45, 2.75) is 45.1 Å². The number of rotatable bonds is 4. The topological polar surface area (TPSA) is 122 Å². The van der Waals surface area contributed by atoms with E-state index >= 15 is 0 Å². The minimum Gasteiger partial charge on any atom is -0.478 e. The van der Waals surface area contributed by atoms with Gasteiger partial charge in [-0.15, -0.1) is 0 Å². The molecule has 244 valence electrons. The second kappa shape index (κ2) is 14.7. The summed E-state index contributed by atoms with van der Waals surface area (Å²) in [5.74, 6) is 2.42. The number of aryl methyl sites for hydroxylation is 1. The van der Waals surface area contributed by atoms with Gasteiger partial charge in [0.1, 0.15) is 11.5 Å². The fourth-order valence-corrected chi connectivity index (χ4v) is 7.47. The number of hydrogen-bond acceptors (Lipinski definition) is 8. The summed E-state index contributed by atoms with van der Waals surface area (Å²) in [6, 6.07) is 5.27. The molecule has 4 atom stereocenters. The number of hydrogen-bond donors (Lipinski definition) is 1. The van der Waals surface area contributed by atoms with Crippen LogP contribution < -0.4 is 10.1 Å². The first-order valence-corrected chi connectivity index (χ1v) is 16.6. The van der Waals surface area contributed by atoms with Gasteiger partial charge in [-0.05, 0) is 62.0 Å². The molecule has 3 amide bonds. The lowest BCUT2D eigenvalue weighted by molar-refractivity contribution is -0.139. The first-order valence-electron chi connectivity index (χ1n) is 16.6. The summed E-state index contributed by atoms with van der Waals surface area (Å²) in [5, 5.41) is 3.06. The van der Waals surface area contributed by atoms with Gasteiger partial charge in [0.2, 0.25) is 17.7 Å². The van der Waals surface area contributed by atoms with E-state index in [4.69, 9.17) is 9.47 Å². The molecule has 0 aliphatic carbocycles. The van der Waals surface area contributed by atoms with Crippen LogP contribution in [0.2, 0.25) is 0 Å². The Hall–Kier alpha value is -3.51. The van der Waals surface area contributed by atoms with Gasteiger partial charge in [-0.3, -0.25) is 19.3 Å². The molecule has 2 aromatic heterocycles. The summed E-state index contributed by atoms with van der Waals surface area (Å²) in [5.41, 5.74) is 0.335. The number of amides is 3. The predicted octanol–water partition coefficient (Wildman–Crippen LogP) is 1.96. The van der Waals surface area contributed by atoms with Crippen LogP contribution in [-0.4, -0.2) is 113 Å². The maximum Gasteiger partial charge on any atom is 0.270 e. The van der Waals surface area contributed by atoms with E-state index in [1.54, 1.807) is 18.2 Å². The molecule has 3 saturated heterocycles. The standard InChI is InChI=1S/C33H47N7O5/c1-37-13-10-34-29(37)23-38-11-6-24-20-32(42)40-12-7-25(19-31(41)39-14-17-44-18-15-39)27(22-40)8-16-45-30-4-2-3-28(36-30)33(43)35-9-5-26(24)21-38/h2-4,10,13,24-27H,5-9,11-12,14-23H2,1H3,(H,35,43)/t24-,25-,26-,27-/m0/s1. The number of likely N-dealkylation sites (tertiary alicyclic amines) is 1. The Morgan fingerprint density at radius 3 is 2.67 bits per heavy atom. The molecule has 45 heavy (non-hydrogen) atoms. The third-order valence-electron chi connectivity index (χ3n) is 10.2. The van der Waals surface area contributed by atoms with Gasteiger partial charge in [0.15, 0.2) is 0 Å². The molecule has 1 N–H and O–H groups in total.